The molecular weight excluding hydrogens is 270 g/mol. The minimum Gasteiger partial charge on any atom is -0.469 e. The Bertz CT molecular complexity index is 654. The summed E-state index contributed by atoms with van der Waals surface area (Å²) in [7, 11) is 1.35. The molecule has 0 aliphatic carbocycles. The molecule has 1 aromatic heterocycles. The minimum atomic E-state index is -0.314. The van der Waals surface area contributed by atoms with E-state index >= 15 is 0 Å². The summed E-state index contributed by atoms with van der Waals surface area (Å²) in [5.41, 5.74) is 2.90. The van der Waals surface area contributed by atoms with Gasteiger partial charge in [-0.05, 0) is 29.8 Å². The predicted octanol–water partition coefficient (Wildman–Crippen LogP) is 2.49. The van der Waals surface area contributed by atoms with Crippen LogP contribution in [0.15, 0.2) is 35.6 Å². The van der Waals surface area contributed by atoms with Gasteiger partial charge in [0.25, 0.3) is 0 Å². The maximum absolute atomic E-state index is 11.3. The third-order valence-electron chi connectivity index (χ3n) is 3.10. The first-order chi connectivity index (χ1) is 10.1. The van der Waals surface area contributed by atoms with E-state index in [1.54, 1.807) is 18.3 Å². The van der Waals surface area contributed by atoms with E-state index in [1.807, 2.05) is 19.1 Å². The average molecular weight is 285 g/mol. The summed E-state index contributed by atoms with van der Waals surface area (Å²) >= 11 is 0. The van der Waals surface area contributed by atoms with Crippen LogP contribution < -0.4 is 0 Å². The van der Waals surface area contributed by atoms with Crippen molar-refractivity contribution in [2.24, 2.45) is 5.18 Å². The number of aromatic nitrogens is 2. The Morgan fingerprint density at radius 1 is 1.29 bits per heavy atom. The van der Waals surface area contributed by atoms with E-state index in [-0.39, 0.29) is 12.4 Å². The quantitative estimate of drug-likeness (QED) is 0.622. The second-order valence-electron chi connectivity index (χ2n) is 4.58. The van der Waals surface area contributed by atoms with E-state index in [0.717, 1.165) is 16.8 Å². The van der Waals surface area contributed by atoms with E-state index in [9.17, 15) is 9.70 Å². The van der Waals surface area contributed by atoms with Gasteiger partial charge in [-0.2, -0.15) is 0 Å². The van der Waals surface area contributed by atoms with Gasteiger partial charge in [0, 0.05) is 23.9 Å². The minimum absolute atomic E-state index is 0.169. The average Bonchev–Trinajstić information content (AvgIpc) is 2.50. The number of nitrogens with zero attached hydrogens (tertiary/aromatic N) is 3. The zero-order chi connectivity index (χ0) is 15.2. The molecule has 0 saturated carbocycles. The van der Waals surface area contributed by atoms with E-state index < -0.39 is 0 Å². The molecule has 0 amide bonds. The van der Waals surface area contributed by atoms with Gasteiger partial charge in [0.1, 0.15) is 11.5 Å². The van der Waals surface area contributed by atoms with Crippen LogP contribution in [0.25, 0.3) is 0 Å². The molecule has 108 valence electrons. The van der Waals surface area contributed by atoms with Gasteiger partial charge in [0.2, 0.25) is 0 Å². The van der Waals surface area contributed by atoms with Crippen molar-refractivity contribution in [3.05, 3.63) is 58.0 Å². The van der Waals surface area contributed by atoms with Crippen molar-refractivity contribution in [3.63, 3.8) is 0 Å². The number of esters is 1. The molecular formula is C15H15N3O3. The summed E-state index contributed by atoms with van der Waals surface area (Å²) in [5, 5.41) is 2.86. The molecule has 0 radical (unpaired) electrons. The SMILES string of the molecule is COC(=O)Cc1cnc(Cc2ccc(N=O)cc2)nc1C. The number of nitroso groups, excluding NO2 is 1. The van der Waals surface area contributed by atoms with Gasteiger partial charge in [0.15, 0.2) is 0 Å². The number of carbonyl (C=O) groups is 1. The highest BCUT2D eigenvalue weighted by Gasteiger charge is 2.09. The van der Waals surface area contributed by atoms with Gasteiger partial charge in [-0.3, -0.25) is 4.79 Å². The number of hydrogen-bond donors (Lipinski definition) is 0. The lowest BCUT2D eigenvalue weighted by Crippen LogP contribution is -2.09. The van der Waals surface area contributed by atoms with Crippen LogP contribution in [0.1, 0.15) is 22.6 Å². The first-order valence-corrected chi connectivity index (χ1v) is 6.43. The summed E-state index contributed by atoms with van der Waals surface area (Å²) in [6, 6.07) is 6.94. The lowest BCUT2D eigenvalue weighted by Gasteiger charge is -2.06. The maximum Gasteiger partial charge on any atom is 0.310 e. The largest absolute Gasteiger partial charge is 0.469 e. The van der Waals surface area contributed by atoms with Crippen molar-refractivity contribution in [2.75, 3.05) is 7.11 Å². The van der Waals surface area contributed by atoms with Gasteiger partial charge in [0.05, 0.1) is 13.5 Å². The summed E-state index contributed by atoms with van der Waals surface area (Å²) < 4.78 is 4.63. The summed E-state index contributed by atoms with van der Waals surface area (Å²) in [6.07, 6.45) is 2.37. The molecule has 0 N–H and O–H groups in total. The molecule has 0 fully saturated rings. The van der Waals surface area contributed by atoms with Crippen molar-refractivity contribution in [1.82, 2.24) is 9.97 Å². The van der Waals surface area contributed by atoms with Gasteiger partial charge in [-0.25, -0.2) is 9.97 Å². The molecule has 0 bridgehead atoms. The smallest absolute Gasteiger partial charge is 0.310 e. The van der Waals surface area contributed by atoms with Crippen LogP contribution in [0.5, 0.6) is 0 Å². The van der Waals surface area contributed by atoms with E-state index in [1.165, 1.54) is 7.11 Å². The van der Waals surface area contributed by atoms with Crippen LogP contribution in [0, 0.1) is 11.8 Å². The summed E-state index contributed by atoms with van der Waals surface area (Å²) in [5.74, 6) is 0.347. The van der Waals surface area contributed by atoms with Crippen molar-refractivity contribution in [1.29, 1.82) is 0 Å². The second-order valence-corrected chi connectivity index (χ2v) is 4.58. The van der Waals surface area contributed by atoms with Gasteiger partial charge >= 0.3 is 5.97 Å². The molecule has 21 heavy (non-hydrogen) atoms. The molecule has 6 heteroatoms. The predicted molar refractivity (Wildman–Crippen MR) is 77.2 cm³/mol. The van der Waals surface area contributed by atoms with Crippen molar-refractivity contribution < 1.29 is 9.53 Å². The Balaban J connectivity index is 2.12. The number of aryl methyl sites for hydroxylation is 1. The highest BCUT2D eigenvalue weighted by atomic mass is 16.5. The molecule has 0 atom stereocenters. The fourth-order valence-electron chi connectivity index (χ4n) is 1.88. The first-order valence-electron chi connectivity index (χ1n) is 6.43. The third kappa shape index (κ3) is 3.92. The number of methoxy groups -OCH3 is 1. The van der Waals surface area contributed by atoms with Crippen molar-refractivity contribution in [2.45, 2.75) is 19.8 Å². The lowest BCUT2D eigenvalue weighted by molar-refractivity contribution is -0.139. The summed E-state index contributed by atoms with van der Waals surface area (Å²) in [6.45, 7) is 1.84. The molecule has 2 aromatic rings. The monoisotopic (exact) mass is 285 g/mol. The van der Waals surface area contributed by atoms with Crippen LogP contribution >= 0.6 is 0 Å². The Morgan fingerprint density at radius 3 is 2.57 bits per heavy atom. The summed E-state index contributed by atoms with van der Waals surface area (Å²) in [4.78, 5) is 30.3. The number of benzene rings is 1. The standard InChI is InChI=1S/C15H15N3O3/c1-10-12(8-15(19)21-2)9-16-14(17-10)7-11-3-5-13(18-20)6-4-11/h3-6,9H,7-8H2,1-2H3. The first kappa shape index (κ1) is 14.8. The Hall–Kier alpha value is -2.63. The van der Waals surface area contributed by atoms with Gasteiger partial charge < -0.3 is 4.74 Å². The highest BCUT2D eigenvalue weighted by Crippen LogP contribution is 2.15. The van der Waals surface area contributed by atoms with Crippen LogP contribution in [-0.2, 0) is 22.4 Å². The maximum atomic E-state index is 11.3. The molecule has 0 spiro atoms. The molecule has 0 unspecified atom stereocenters. The topological polar surface area (TPSA) is 81.5 Å². The molecule has 1 heterocycles. The molecule has 1 aromatic carbocycles. The number of carbonyl (C=O) groups excluding carboxylic acids is 1. The van der Waals surface area contributed by atoms with Crippen molar-refractivity contribution >= 4 is 11.7 Å². The fraction of sp³-hybridized carbons (Fsp3) is 0.267. The zero-order valence-electron chi connectivity index (χ0n) is 11.9. The van der Waals surface area contributed by atoms with Gasteiger partial charge in [-0.15, -0.1) is 4.91 Å². The van der Waals surface area contributed by atoms with Crippen LogP contribution in [0.3, 0.4) is 0 Å². The van der Waals surface area contributed by atoms with Gasteiger partial charge in [-0.1, -0.05) is 12.1 Å². The number of rotatable bonds is 5. The zero-order valence-corrected chi connectivity index (χ0v) is 11.9. The fourth-order valence-corrected chi connectivity index (χ4v) is 1.88. The van der Waals surface area contributed by atoms with E-state index in [2.05, 4.69) is 19.9 Å². The number of ether oxygens (including phenoxy) is 1. The van der Waals surface area contributed by atoms with E-state index in [0.29, 0.717) is 17.9 Å². The Kier molecular flexibility index (Phi) is 4.71. The lowest BCUT2D eigenvalue weighted by atomic mass is 10.1. The van der Waals surface area contributed by atoms with Crippen LogP contribution in [0.2, 0.25) is 0 Å². The second kappa shape index (κ2) is 6.69. The molecule has 0 aliphatic rings. The van der Waals surface area contributed by atoms with Crippen molar-refractivity contribution in [3.8, 4) is 0 Å². The Morgan fingerprint density at radius 2 is 2.00 bits per heavy atom. The molecule has 6 nitrogen and oxygen atoms in total. The normalized spacial score (nSPS) is 10.2. The molecule has 0 saturated heterocycles. The number of hydrogen-bond acceptors (Lipinski definition) is 6. The molecule has 0 aliphatic heterocycles. The highest BCUT2D eigenvalue weighted by molar-refractivity contribution is 5.72. The van der Waals surface area contributed by atoms with E-state index in [4.69, 9.17) is 0 Å². The van der Waals surface area contributed by atoms with Crippen LogP contribution in [-0.4, -0.2) is 23.0 Å². The van der Waals surface area contributed by atoms with Crippen LogP contribution in [0.4, 0.5) is 5.69 Å². The third-order valence-corrected chi connectivity index (χ3v) is 3.10. The molecule has 2 rings (SSSR count). The Labute approximate surface area is 122 Å².